The molecule has 0 bridgehead atoms. The number of halogens is 1. The molecule has 1 N–H and O–H groups in total. The number of nitrogens with one attached hydrogen (secondary N) is 1. The maximum Gasteiger partial charge on any atom is 0.235 e. The summed E-state index contributed by atoms with van der Waals surface area (Å²) in [6, 6.07) is 4.50. The Balaban J connectivity index is 2.20. The molecule has 6 nitrogen and oxygen atoms in total. The molecule has 9 heteroatoms. The van der Waals surface area contributed by atoms with E-state index in [0.717, 1.165) is 6.42 Å². The molecule has 1 aliphatic heterocycles. The van der Waals surface area contributed by atoms with Crippen LogP contribution in [-0.2, 0) is 20.0 Å². The first-order chi connectivity index (χ1) is 10.2. The van der Waals surface area contributed by atoms with Crippen LogP contribution in [-0.4, -0.2) is 34.9 Å². The Labute approximate surface area is 136 Å². The Morgan fingerprint density at radius 1 is 1.36 bits per heavy atom. The highest BCUT2D eigenvalue weighted by Crippen LogP contribution is 2.33. The van der Waals surface area contributed by atoms with Gasteiger partial charge in [0.2, 0.25) is 20.0 Å². The van der Waals surface area contributed by atoms with E-state index in [1.54, 1.807) is 0 Å². The summed E-state index contributed by atoms with van der Waals surface area (Å²) < 4.78 is 51.2. The van der Waals surface area contributed by atoms with Crippen molar-refractivity contribution in [2.75, 3.05) is 27.1 Å². The lowest BCUT2D eigenvalue weighted by Gasteiger charge is -2.19. The minimum Gasteiger partial charge on any atom is -0.284 e. The number of sulfonamides is 2. The average molecular weight is 367 g/mol. The van der Waals surface area contributed by atoms with Crippen molar-refractivity contribution in [3.63, 3.8) is 0 Å². The van der Waals surface area contributed by atoms with Gasteiger partial charge in [0.05, 0.1) is 27.9 Å². The third-order valence-corrected chi connectivity index (χ3v) is 6.89. The van der Waals surface area contributed by atoms with Crippen LogP contribution in [0, 0.1) is 0 Å². The summed E-state index contributed by atoms with van der Waals surface area (Å²) in [5.41, 5.74) is 0.720. The maximum atomic E-state index is 11.9. The van der Waals surface area contributed by atoms with E-state index in [1.165, 1.54) is 22.5 Å². The van der Waals surface area contributed by atoms with E-state index in [2.05, 4.69) is 4.72 Å². The lowest BCUT2D eigenvalue weighted by Crippen LogP contribution is -2.25. The van der Waals surface area contributed by atoms with Crippen molar-refractivity contribution in [3.05, 3.63) is 23.2 Å². The van der Waals surface area contributed by atoms with Gasteiger partial charge in [-0.25, -0.2) is 16.8 Å². The summed E-state index contributed by atoms with van der Waals surface area (Å²) in [5, 5.41) is 0.209. The van der Waals surface area contributed by atoms with Crippen LogP contribution in [0.1, 0.15) is 26.2 Å². The molecule has 0 aromatic heterocycles. The SMILES string of the molecule is CCCCS(=O)(=O)Nc1ccc(N2CCCS2(=O)=O)c(Cl)c1. The summed E-state index contributed by atoms with van der Waals surface area (Å²) in [7, 11) is -6.72. The first kappa shape index (κ1) is 17.4. The van der Waals surface area contributed by atoms with Crippen LogP contribution in [0.15, 0.2) is 18.2 Å². The summed E-state index contributed by atoms with van der Waals surface area (Å²) in [6.07, 6.45) is 1.92. The number of nitrogens with zero attached hydrogens (tertiary/aromatic N) is 1. The largest absolute Gasteiger partial charge is 0.284 e. The summed E-state index contributed by atoms with van der Waals surface area (Å²) in [5.74, 6) is 0.151. The Kier molecular flexibility index (Phi) is 5.24. The monoisotopic (exact) mass is 366 g/mol. The predicted molar refractivity (Wildman–Crippen MR) is 89.5 cm³/mol. The zero-order chi connectivity index (χ0) is 16.4. The molecule has 0 amide bonds. The minimum absolute atomic E-state index is 0.0450. The molecule has 2 rings (SSSR count). The van der Waals surface area contributed by atoms with E-state index in [9.17, 15) is 16.8 Å². The zero-order valence-electron chi connectivity index (χ0n) is 12.2. The van der Waals surface area contributed by atoms with Crippen molar-refractivity contribution in [1.82, 2.24) is 0 Å². The molecule has 0 atom stereocenters. The van der Waals surface area contributed by atoms with Gasteiger partial charge in [-0.05, 0) is 31.0 Å². The number of unbranched alkanes of at least 4 members (excludes halogenated alkanes) is 1. The van der Waals surface area contributed by atoms with Crippen LogP contribution in [0.25, 0.3) is 0 Å². The number of anilines is 2. The molecule has 1 aromatic carbocycles. The number of rotatable bonds is 6. The number of hydrogen-bond donors (Lipinski definition) is 1. The van der Waals surface area contributed by atoms with Gasteiger partial charge >= 0.3 is 0 Å². The van der Waals surface area contributed by atoms with Gasteiger partial charge < -0.3 is 0 Å². The second-order valence-electron chi connectivity index (χ2n) is 5.18. The van der Waals surface area contributed by atoms with E-state index in [-0.39, 0.29) is 16.5 Å². The predicted octanol–water partition coefficient (Wildman–Crippen LogP) is 2.42. The van der Waals surface area contributed by atoms with Crippen LogP contribution in [0.3, 0.4) is 0 Å². The standard InChI is InChI=1S/C13H19ClN2O4S2/c1-2-3-8-21(17,18)15-11-5-6-13(12(14)10-11)16-7-4-9-22(16,19)20/h5-6,10,15H,2-4,7-9H2,1H3. The first-order valence-corrected chi connectivity index (χ1v) is 10.7. The molecule has 124 valence electrons. The highest BCUT2D eigenvalue weighted by atomic mass is 35.5. The molecule has 1 fully saturated rings. The van der Waals surface area contributed by atoms with Crippen molar-refractivity contribution < 1.29 is 16.8 Å². The quantitative estimate of drug-likeness (QED) is 0.838. The minimum atomic E-state index is -3.41. The molecule has 0 radical (unpaired) electrons. The second kappa shape index (κ2) is 6.64. The van der Waals surface area contributed by atoms with Gasteiger partial charge in [-0.1, -0.05) is 24.9 Å². The van der Waals surface area contributed by atoms with Crippen LogP contribution in [0.5, 0.6) is 0 Å². The van der Waals surface area contributed by atoms with Crippen LogP contribution < -0.4 is 9.03 Å². The third-order valence-electron chi connectivity index (χ3n) is 3.36. The Morgan fingerprint density at radius 2 is 2.09 bits per heavy atom. The molecule has 1 aromatic rings. The van der Waals surface area contributed by atoms with Gasteiger partial charge in [-0.15, -0.1) is 0 Å². The second-order valence-corrected chi connectivity index (χ2v) is 9.44. The van der Waals surface area contributed by atoms with E-state index < -0.39 is 20.0 Å². The van der Waals surface area contributed by atoms with E-state index >= 15 is 0 Å². The maximum absolute atomic E-state index is 11.9. The van der Waals surface area contributed by atoms with Gasteiger partial charge in [0.1, 0.15) is 0 Å². The Hall–Kier alpha value is -0.990. The summed E-state index contributed by atoms with van der Waals surface area (Å²) in [6.45, 7) is 2.31. The molecular formula is C13H19ClN2O4S2. The highest BCUT2D eigenvalue weighted by Gasteiger charge is 2.29. The molecule has 1 saturated heterocycles. The fraction of sp³-hybridized carbons (Fsp3) is 0.538. The van der Waals surface area contributed by atoms with E-state index in [0.29, 0.717) is 30.8 Å². The fourth-order valence-electron chi connectivity index (χ4n) is 2.25. The van der Waals surface area contributed by atoms with Gasteiger partial charge in [-0.2, -0.15) is 0 Å². The van der Waals surface area contributed by atoms with Crippen molar-refractivity contribution in [3.8, 4) is 0 Å². The van der Waals surface area contributed by atoms with Crippen molar-refractivity contribution in [2.24, 2.45) is 0 Å². The van der Waals surface area contributed by atoms with Crippen molar-refractivity contribution in [2.45, 2.75) is 26.2 Å². The molecule has 0 aliphatic carbocycles. The van der Waals surface area contributed by atoms with Gasteiger partial charge in [0, 0.05) is 6.54 Å². The topological polar surface area (TPSA) is 83.6 Å². The van der Waals surface area contributed by atoms with Crippen LogP contribution in [0.4, 0.5) is 11.4 Å². The van der Waals surface area contributed by atoms with E-state index in [4.69, 9.17) is 11.6 Å². The smallest absolute Gasteiger partial charge is 0.235 e. The average Bonchev–Trinajstić information content (AvgIpc) is 2.76. The molecule has 0 spiro atoms. The molecule has 1 aliphatic rings. The van der Waals surface area contributed by atoms with E-state index in [1.807, 2.05) is 6.92 Å². The lowest BCUT2D eigenvalue weighted by atomic mass is 10.3. The third kappa shape index (κ3) is 4.05. The molecule has 0 saturated carbocycles. The summed E-state index contributed by atoms with van der Waals surface area (Å²) >= 11 is 6.13. The van der Waals surface area contributed by atoms with Crippen molar-refractivity contribution >= 4 is 43.0 Å². The Morgan fingerprint density at radius 3 is 2.64 bits per heavy atom. The normalized spacial score (nSPS) is 17.6. The molecule has 0 unspecified atom stereocenters. The molecule has 22 heavy (non-hydrogen) atoms. The lowest BCUT2D eigenvalue weighted by molar-refractivity contribution is 0.596. The Bertz CT molecular complexity index is 747. The fourth-order valence-corrected chi connectivity index (χ4v) is 5.42. The molecule has 1 heterocycles. The van der Waals surface area contributed by atoms with Gasteiger partial charge in [-0.3, -0.25) is 9.03 Å². The first-order valence-electron chi connectivity index (χ1n) is 7.05. The van der Waals surface area contributed by atoms with Gasteiger partial charge in [0.25, 0.3) is 0 Å². The zero-order valence-corrected chi connectivity index (χ0v) is 14.6. The van der Waals surface area contributed by atoms with Crippen molar-refractivity contribution in [1.29, 1.82) is 0 Å². The van der Waals surface area contributed by atoms with Gasteiger partial charge in [0.15, 0.2) is 0 Å². The molecular weight excluding hydrogens is 348 g/mol. The van der Waals surface area contributed by atoms with Crippen LogP contribution >= 0.6 is 11.6 Å². The highest BCUT2D eigenvalue weighted by molar-refractivity contribution is 7.93. The number of hydrogen-bond acceptors (Lipinski definition) is 4. The van der Waals surface area contributed by atoms with Crippen LogP contribution in [0.2, 0.25) is 5.02 Å². The number of benzene rings is 1. The summed E-state index contributed by atoms with van der Waals surface area (Å²) in [4.78, 5) is 0.